The fourth-order valence-corrected chi connectivity index (χ4v) is 10.2. The Labute approximate surface area is 425 Å². The minimum Gasteiger partial charge on any atom is -0.309 e. The average Bonchev–Trinajstić information content (AvgIpc) is 4.03. The minimum absolute atomic E-state index is 0.528. The van der Waals surface area contributed by atoms with Crippen molar-refractivity contribution in [2.45, 2.75) is 0 Å². The Balaban J connectivity index is 0.792. The number of para-hydroxylation sites is 3. The molecule has 0 saturated carbocycles. The Bertz CT molecular complexity index is 4290. The lowest BCUT2D eigenvalue weighted by atomic mass is 9.97. The zero-order valence-corrected chi connectivity index (χ0v) is 39.7. The van der Waals surface area contributed by atoms with E-state index in [9.17, 15) is 0 Å². The largest absolute Gasteiger partial charge is 0.309 e. The predicted molar refractivity (Wildman–Crippen MR) is 298 cm³/mol. The number of benzene rings is 9. The molecule has 9 aromatic carbocycles. The smallest absolute Gasteiger partial charge is 0.238 e. The number of rotatable bonds is 9. The van der Waals surface area contributed by atoms with Gasteiger partial charge in [-0.1, -0.05) is 170 Å². The van der Waals surface area contributed by atoms with Crippen LogP contribution in [0.3, 0.4) is 0 Å². The van der Waals surface area contributed by atoms with Gasteiger partial charge in [0, 0.05) is 55.7 Å². The van der Waals surface area contributed by atoms with Gasteiger partial charge in [0.25, 0.3) is 0 Å². The molecule has 14 rings (SSSR count). The summed E-state index contributed by atoms with van der Waals surface area (Å²) in [5.74, 6) is 3.51. The molecule has 9 nitrogen and oxygen atoms in total. The molecule has 0 bridgehead atoms. The van der Waals surface area contributed by atoms with Crippen LogP contribution in [0.1, 0.15) is 0 Å². The molecule has 0 saturated heterocycles. The Morgan fingerprint density at radius 1 is 0.243 bits per heavy atom. The van der Waals surface area contributed by atoms with E-state index >= 15 is 0 Å². The summed E-state index contributed by atoms with van der Waals surface area (Å²) in [4.78, 5) is 34.6. The van der Waals surface area contributed by atoms with Crippen LogP contribution in [-0.4, -0.2) is 44.0 Å². The van der Waals surface area contributed by atoms with Gasteiger partial charge in [0.15, 0.2) is 29.1 Å². The lowest BCUT2D eigenvalue weighted by molar-refractivity contribution is 0.953. The normalized spacial score (nSPS) is 11.5. The van der Waals surface area contributed by atoms with E-state index in [1.165, 1.54) is 10.8 Å². The van der Waals surface area contributed by atoms with Gasteiger partial charge in [-0.15, -0.1) is 0 Å². The van der Waals surface area contributed by atoms with Crippen LogP contribution in [-0.2, 0) is 0 Å². The third-order valence-corrected chi connectivity index (χ3v) is 13.7. The van der Waals surface area contributed by atoms with Crippen molar-refractivity contribution in [2.24, 2.45) is 0 Å². The van der Waals surface area contributed by atoms with Gasteiger partial charge in [0.1, 0.15) is 5.69 Å². The maximum atomic E-state index is 5.17. The van der Waals surface area contributed by atoms with Gasteiger partial charge in [-0.2, -0.15) is 9.97 Å². The first kappa shape index (κ1) is 42.6. The van der Waals surface area contributed by atoms with Crippen molar-refractivity contribution in [1.29, 1.82) is 0 Å². The van der Waals surface area contributed by atoms with Crippen LogP contribution < -0.4 is 0 Å². The number of hydrogen-bond acceptors (Lipinski definition) is 7. The Hall–Kier alpha value is -10.3. The molecule has 74 heavy (non-hydrogen) atoms. The summed E-state index contributed by atoms with van der Waals surface area (Å²) in [5.41, 5.74) is 14.2. The van der Waals surface area contributed by atoms with E-state index < -0.39 is 0 Å². The maximum Gasteiger partial charge on any atom is 0.238 e. The number of aromatic nitrogens is 9. The lowest BCUT2D eigenvalue weighted by Crippen LogP contribution is -2.06. The zero-order chi connectivity index (χ0) is 49.0. The molecular weight excluding hydrogens is 907 g/mol. The monoisotopic (exact) mass is 947 g/mol. The van der Waals surface area contributed by atoms with E-state index in [2.05, 4.69) is 178 Å². The molecular formula is C65H41N9. The van der Waals surface area contributed by atoms with E-state index in [-0.39, 0.29) is 0 Å². The van der Waals surface area contributed by atoms with E-state index in [1.807, 2.05) is 78.9 Å². The van der Waals surface area contributed by atoms with E-state index in [1.54, 1.807) is 6.20 Å². The summed E-state index contributed by atoms with van der Waals surface area (Å²) < 4.78 is 4.48. The summed E-state index contributed by atoms with van der Waals surface area (Å²) in [7, 11) is 0. The first-order chi connectivity index (χ1) is 36.7. The second kappa shape index (κ2) is 17.9. The number of pyridine rings is 1. The first-order valence-corrected chi connectivity index (χ1v) is 24.6. The van der Waals surface area contributed by atoms with Crippen LogP contribution in [0.2, 0.25) is 0 Å². The summed E-state index contributed by atoms with van der Waals surface area (Å²) in [6, 6.07) is 83.9. The van der Waals surface area contributed by atoms with Crippen LogP contribution in [0.5, 0.6) is 0 Å². The third kappa shape index (κ3) is 7.55. The van der Waals surface area contributed by atoms with Crippen LogP contribution in [0.15, 0.2) is 249 Å². The van der Waals surface area contributed by atoms with E-state index in [4.69, 9.17) is 29.9 Å². The van der Waals surface area contributed by atoms with Gasteiger partial charge < -0.3 is 4.57 Å². The molecule has 14 aromatic rings. The molecule has 346 valence electrons. The molecule has 0 aliphatic carbocycles. The van der Waals surface area contributed by atoms with Gasteiger partial charge >= 0.3 is 0 Å². The highest BCUT2D eigenvalue weighted by Gasteiger charge is 2.19. The molecule has 0 radical (unpaired) electrons. The molecule has 0 unspecified atom stereocenters. The van der Waals surface area contributed by atoms with Gasteiger partial charge in [0.05, 0.1) is 22.1 Å². The van der Waals surface area contributed by atoms with Gasteiger partial charge in [-0.3, -0.25) is 9.55 Å². The first-order valence-electron chi connectivity index (χ1n) is 24.6. The Morgan fingerprint density at radius 2 is 0.649 bits per heavy atom. The molecule has 9 heteroatoms. The fraction of sp³-hybridized carbons (Fsp3) is 0. The summed E-state index contributed by atoms with van der Waals surface area (Å²) >= 11 is 0. The van der Waals surface area contributed by atoms with Gasteiger partial charge in [-0.25, -0.2) is 19.9 Å². The van der Waals surface area contributed by atoms with E-state index in [0.29, 0.717) is 40.8 Å². The zero-order valence-electron chi connectivity index (χ0n) is 39.7. The SMILES string of the molecule is c1ccc(-c2nc(-c3ccc(-n4c5ccccc5c5cc(-c6cccc(-c7ccc(-c8nc(-c9ccccc9)nc(-n9c%10ccccc%10c%10ccccc%109)n8)cc7)c6)ccc54)cc3)nc(-c3ccccn3)n2)cc1. The Morgan fingerprint density at radius 3 is 1.23 bits per heavy atom. The highest BCUT2D eigenvalue weighted by Crippen LogP contribution is 2.38. The topological polar surface area (TPSA) is 100 Å². The highest BCUT2D eigenvalue weighted by atomic mass is 15.2. The second-order valence-corrected chi connectivity index (χ2v) is 18.2. The van der Waals surface area contributed by atoms with Crippen LogP contribution in [0.4, 0.5) is 0 Å². The summed E-state index contributed by atoms with van der Waals surface area (Å²) in [6.45, 7) is 0. The predicted octanol–water partition coefficient (Wildman–Crippen LogP) is 15.3. The standard InChI is InChI=1S/C65H41N9/c1-3-16-43(17-4-1)60-67-61(70-64(69-60)55-25-13-14-39-66-55)46-33-36-50(37-34-46)73-56-26-10-9-24-53(56)54-41-49(35-38-59(54)73)48-21-15-20-47(40-48)42-29-31-45(32-30-42)63-68-62(44-18-5-2-6-19-44)71-65(72-63)74-57-27-11-7-22-51(57)52-23-8-12-28-58(52)74/h1-41H. The van der Waals surface area contributed by atoms with Crippen LogP contribution >= 0.6 is 0 Å². The number of nitrogens with zero attached hydrogens (tertiary/aromatic N) is 9. The molecule has 0 spiro atoms. The van der Waals surface area contributed by atoms with Crippen LogP contribution in [0.25, 0.3) is 135 Å². The highest BCUT2D eigenvalue weighted by molar-refractivity contribution is 6.11. The van der Waals surface area contributed by atoms with Crippen molar-refractivity contribution in [3.63, 3.8) is 0 Å². The summed E-state index contributed by atoms with van der Waals surface area (Å²) in [5, 5.41) is 4.66. The lowest BCUT2D eigenvalue weighted by Gasteiger charge is -2.12. The maximum absolute atomic E-state index is 5.17. The molecule has 5 heterocycles. The molecule has 0 aliphatic rings. The van der Waals surface area contributed by atoms with E-state index in [0.717, 1.165) is 83.0 Å². The average molecular weight is 948 g/mol. The van der Waals surface area contributed by atoms with Crippen molar-refractivity contribution in [3.8, 4) is 91.0 Å². The van der Waals surface area contributed by atoms with Crippen LogP contribution in [0, 0.1) is 0 Å². The molecule has 0 N–H and O–H groups in total. The Kier molecular flexibility index (Phi) is 10.3. The number of hydrogen-bond donors (Lipinski definition) is 0. The van der Waals surface area contributed by atoms with Gasteiger partial charge in [-0.05, 0) is 95.1 Å². The molecule has 0 fully saturated rings. The number of fused-ring (bicyclic) bond motifs is 6. The van der Waals surface area contributed by atoms with Crippen molar-refractivity contribution >= 4 is 43.6 Å². The molecule has 0 atom stereocenters. The molecule has 0 amide bonds. The molecule has 0 aliphatic heterocycles. The van der Waals surface area contributed by atoms with Crippen molar-refractivity contribution < 1.29 is 0 Å². The van der Waals surface area contributed by atoms with Crippen molar-refractivity contribution in [1.82, 2.24) is 44.0 Å². The quantitative estimate of drug-likeness (QED) is 0.142. The second-order valence-electron chi connectivity index (χ2n) is 18.2. The van der Waals surface area contributed by atoms with Gasteiger partial charge in [0.2, 0.25) is 5.95 Å². The van der Waals surface area contributed by atoms with Crippen molar-refractivity contribution in [2.75, 3.05) is 0 Å². The molecule has 5 aromatic heterocycles. The summed E-state index contributed by atoms with van der Waals surface area (Å²) in [6.07, 6.45) is 1.76. The van der Waals surface area contributed by atoms with Crippen molar-refractivity contribution in [3.05, 3.63) is 249 Å². The fourth-order valence-electron chi connectivity index (χ4n) is 10.2. The minimum atomic E-state index is 0.528. The third-order valence-electron chi connectivity index (χ3n) is 13.7.